The second kappa shape index (κ2) is 3.95. The van der Waals surface area contributed by atoms with E-state index in [0.717, 1.165) is 17.7 Å². The lowest BCUT2D eigenvalue weighted by atomic mass is 9.77. The standard InChI is InChI=1S/C13H19N/c1-6-10(2)12-9-11(7-8-14-12)13(3,4)5/h6,8-9,11H,1-2,7H2,3-5H3. The van der Waals surface area contributed by atoms with Crippen molar-refractivity contribution in [2.75, 3.05) is 0 Å². The van der Waals surface area contributed by atoms with E-state index in [-0.39, 0.29) is 0 Å². The fourth-order valence-electron chi connectivity index (χ4n) is 1.46. The van der Waals surface area contributed by atoms with E-state index in [4.69, 9.17) is 0 Å². The largest absolute Gasteiger partial charge is 0.261 e. The lowest BCUT2D eigenvalue weighted by Gasteiger charge is -2.29. The third-order valence-corrected chi connectivity index (χ3v) is 2.64. The van der Waals surface area contributed by atoms with Crippen molar-refractivity contribution in [3.63, 3.8) is 0 Å². The maximum absolute atomic E-state index is 4.33. The van der Waals surface area contributed by atoms with Gasteiger partial charge in [-0.05, 0) is 23.3 Å². The van der Waals surface area contributed by atoms with Crippen molar-refractivity contribution in [2.45, 2.75) is 27.2 Å². The summed E-state index contributed by atoms with van der Waals surface area (Å²) in [6, 6.07) is 0. The van der Waals surface area contributed by atoms with Gasteiger partial charge in [-0.15, -0.1) is 0 Å². The zero-order valence-corrected chi connectivity index (χ0v) is 9.38. The van der Waals surface area contributed by atoms with Gasteiger partial charge in [-0.3, -0.25) is 4.99 Å². The second-order valence-corrected chi connectivity index (χ2v) is 4.80. The van der Waals surface area contributed by atoms with Gasteiger partial charge >= 0.3 is 0 Å². The molecule has 1 aliphatic rings. The SMILES string of the molecule is C=CC(=C)C1=CC(C(C)(C)C)CC=N1. The van der Waals surface area contributed by atoms with Crippen molar-refractivity contribution < 1.29 is 0 Å². The summed E-state index contributed by atoms with van der Waals surface area (Å²) >= 11 is 0. The predicted octanol–water partition coefficient (Wildman–Crippen LogP) is 3.75. The van der Waals surface area contributed by atoms with E-state index in [2.05, 4.69) is 45.0 Å². The highest BCUT2D eigenvalue weighted by Gasteiger charge is 2.24. The van der Waals surface area contributed by atoms with Crippen LogP contribution in [0.15, 0.2) is 41.6 Å². The predicted molar refractivity (Wildman–Crippen MR) is 63.5 cm³/mol. The molecule has 1 unspecified atom stereocenters. The third kappa shape index (κ3) is 2.44. The molecule has 1 heterocycles. The highest BCUT2D eigenvalue weighted by atomic mass is 14.7. The van der Waals surface area contributed by atoms with Gasteiger partial charge in [0, 0.05) is 6.21 Å². The molecule has 0 saturated carbocycles. The van der Waals surface area contributed by atoms with E-state index in [1.165, 1.54) is 0 Å². The van der Waals surface area contributed by atoms with Gasteiger partial charge in [-0.1, -0.05) is 46.1 Å². The highest BCUT2D eigenvalue weighted by molar-refractivity contribution is 5.64. The second-order valence-electron chi connectivity index (χ2n) is 4.80. The molecule has 1 heteroatoms. The first kappa shape index (κ1) is 11.0. The van der Waals surface area contributed by atoms with E-state index in [9.17, 15) is 0 Å². The first-order chi connectivity index (χ1) is 6.45. The molecule has 0 spiro atoms. The minimum atomic E-state index is 0.291. The van der Waals surface area contributed by atoms with Crippen LogP contribution in [0.1, 0.15) is 27.2 Å². The Morgan fingerprint density at radius 2 is 2.21 bits per heavy atom. The molecule has 0 aromatic heterocycles. The molecule has 0 aromatic carbocycles. The normalized spacial score (nSPS) is 21.6. The molecule has 0 aromatic rings. The van der Waals surface area contributed by atoms with Crippen LogP contribution in [0.2, 0.25) is 0 Å². The fraction of sp³-hybridized carbons (Fsp3) is 0.462. The van der Waals surface area contributed by atoms with Crippen LogP contribution in [0.3, 0.4) is 0 Å². The van der Waals surface area contributed by atoms with Crippen LogP contribution in [-0.4, -0.2) is 6.21 Å². The summed E-state index contributed by atoms with van der Waals surface area (Å²) in [4.78, 5) is 4.33. The molecule has 0 fully saturated rings. The molecular weight excluding hydrogens is 170 g/mol. The number of nitrogens with zero attached hydrogens (tertiary/aromatic N) is 1. The molecule has 0 bridgehead atoms. The van der Waals surface area contributed by atoms with Gasteiger partial charge in [0.05, 0.1) is 5.70 Å². The van der Waals surface area contributed by atoms with Crippen LogP contribution >= 0.6 is 0 Å². The Bertz CT molecular complexity index is 300. The first-order valence-electron chi connectivity index (χ1n) is 5.01. The minimum absolute atomic E-state index is 0.291. The quantitative estimate of drug-likeness (QED) is 0.587. The fourth-order valence-corrected chi connectivity index (χ4v) is 1.46. The summed E-state index contributed by atoms with van der Waals surface area (Å²) in [7, 11) is 0. The van der Waals surface area contributed by atoms with E-state index in [1.54, 1.807) is 6.08 Å². The number of rotatable bonds is 2. The smallest absolute Gasteiger partial charge is 0.0655 e. The lowest BCUT2D eigenvalue weighted by molar-refractivity contribution is 0.299. The topological polar surface area (TPSA) is 12.4 Å². The van der Waals surface area contributed by atoms with Crippen LogP contribution in [0.25, 0.3) is 0 Å². The molecule has 1 nitrogen and oxygen atoms in total. The van der Waals surface area contributed by atoms with Crippen molar-refractivity contribution in [2.24, 2.45) is 16.3 Å². The van der Waals surface area contributed by atoms with Gasteiger partial charge < -0.3 is 0 Å². The van der Waals surface area contributed by atoms with Crippen LogP contribution < -0.4 is 0 Å². The van der Waals surface area contributed by atoms with E-state index < -0.39 is 0 Å². The molecule has 0 radical (unpaired) electrons. The van der Waals surface area contributed by atoms with Gasteiger partial charge in [0.1, 0.15) is 0 Å². The lowest BCUT2D eigenvalue weighted by Crippen LogP contribution is -2.21. The Hall–Kier alpha value is -1.11. The van der Waals surface area contributed by atoms with Gasteiger partial charge in [0.15, 0.2) is 0 Å². The van der Waals surface area contributed by atoms with E-state index in [1.807, 2.05) is 6.21 Å². The van der Waals surface area contributed by atoms with Crippen molar-refractivity contribution in [3.8, 4) is 0 Å². The minimum Gasteiger partial charge on any atom is -0.261 e. The van der Waals surface area contributed by atoms with Gasteiger partial charge in [-0.25, -0.2) is 0 Å². The average Bonchev–Trinajstić information content (AvgIpc) is 2.15. The first-order valence-corrected chi connectivity index (χ1v) is 5.01. The van der Waals surface area contributed by atoms with Crippen LogP contribution in [0, 0.1) is 11.3 Å². The number of allylic oxidation sites excluding steroid dienone is 2. The zero-order valence-electron chi connectivity index (χ0n) is 9.38. The summed E-state index contributed by atoms with van der Waals surface area (Å²) in [5.41, 5.74) is 2.18. The highest BCUT2D eigenvalue weighted by Crippen LogP contribution is 2.33. The molecule has 1 atom stereocenters. The van der Waals surface area contributed by atoms with Crippen LogP contribution in [0.5, 0.6) is 0 Å². The Morgan fingerprint density at radius 1 is 1.57 bits per heavy atom. The summed E-state index contributed by atoms with van der Waals surface area (Å²) in [5.74, 6) is 0.548. The summed E-state index contributed by atoms with van der Waals surface area (Å²) < 4.78 is 0. The Kier molecular flexibility index (Phi) is 3.10. The molecule has 0 N–H and O–H groups in total. The third-order valence-electron chi connectivity index (χ3n) is 2.64. The van der Waals surface area contributed by atoms with Crippen molar-refractivity contribution in [3.05, 3.63) is 36.6 Å². The van der Waals surface area contributed by atoms with Crippen LogP contribution in [0.4, 0.5) is 0 Å². The van der Waals surface area contributed by atoms with Crippen molar-refractivity contribution in [1.29, 1.82) is 0 Å². The molecule has 1 rings (SSSR count). The summed E-state index contributed by atoms with van der Waals surface area (Å²) in [5, 5.41) is 0. The maximum Gasteiger partial charge on any atom is 0.0655 e. The zero-order chi connectivity index (χ0) is 10.8. The molecule has 1 aliphatic heterocycles. The molecular formula is C13H19N. The molecule has 76 valence electrons. The Labute approximate surface area is 86.9 Å². The molecule has 0 amide bonds. The van der Waals surface area contributed by atoms with E-state index >= 15 is 0 Å². The summed E-state index contributed by atoms with van der Waals surface area (Å²) in [6.07, 6.45) is 6.98. The summed E-state index contributed by atoms with van der Waals surface area (Å²) in [6.45, 7) is 14.4. The Morgan fingerprint density at radius 3 is 2.71 bits per heavy atom. The van der Waals surface area contributed by atoms with Crippen molar-refractivity contribution in [1.82, 2.24) is 0 Å². The average molecular weight is 189 g/mol. The number of aliphatic imine (C=N–C) groups is 1. The molecule has 0 saturated heterocycles. The number of hydrogen-bond acceptors (Lipinski definition) is 1. The monoisotopic (exact) mass is 189 g/mol. The van der Waals surface area contributed by atoms with Crippen molar-refractivity contribution >= 4 is 6.21 Å². The van der Waals surface area contributed by atoms with Gasteiger partial charge in [-0.2, -0.15) is 0 Å². The Balaban J connectivity index is 2.89. The maximum atomic E-state index is 4.33. The van der Waals surface area contributed by atoms with Gasteiger partial charge in [0.25, 0.3) is 0 Å². The van der Waals surface area contributed by atoms with Crippen LogP contribution in [-0.2, 0) is 0 Å². The van der Waals surface area contributed by atoms with E-state index in [0.29, 0.717) is 11.3 Å². The number of hydrogen-bond donors (Lipinski definition) is 0. The molecule has 0 aliphatic carbocycles. The molecule has 14 heavy (non-hydrogen) atoms. The van der Waals surface area contributed by atoms with Gasteiger partial charge in [0.2, 0.25) is 0 Å².